The predicted octanol–water partition coefficient (Wildman–Crippen LogP) is 3.38. The van der Waals surface area contributed by atoms with E-state index in [1.165, 1.54) is 11.8 Å². The van der Waals surface area contributed by atoms with Crippen molar-refractivity contribution in [3.05, 3.63) is 64.7 Å². The lowest BCUT2D eigenvalue weighted by molar-refractivity contribution is -0.139. The van der Waals surface area contributed by atoms with Gasteiger partial charge in [0.2, 0.25) is 0 Å². The summed E-state index contributed by atoms with van der Waals surface area (Å²) in [6.07, 6.45) is 1.38. The smallest absolute Gasteiger partial charge is 0.308 e. The molecule has 1 fully saturated rings. The molecule has 2 aliphatic heterocycles. The molecule has 7 heteroatoms. The Kier molecular flexibility index (Phi) is 5.50. The highest BCUT2D eigenvalue weighted by Gasteiger charge is 2.45. The molecule has 2 aromatic carbocycles. The number of hydrogen-bond acceptors (Lipinski definition) is 6. The van der Waals surface area contributed by atoms with E-state index in [0.717, 1.165) is 17.7 Å². The summed E-state index contributed by atoms with van der Waals surface area (Å²) in [5, 5.41) is 11.1. The van der Waals surface area contributed by atoms with Crippen LogP contribution in [-0.4, -0.2) is 40.8 Å². The number of carbonyl (C=O) groups excluding carboxylic acids is 3. The third-order valence-corrected chi connectivity index (χ3v) is 5.42. The van der Waals surface area contributed by atoms with Gasteiger partial charge in [-0.1, -0.05) is 19.1 Å². The van der Waals surface area contributed by atoms with Crippen LogP contribution in [-0.2, 0) is 20.8 Å². The van der Waals surface area contributed by atoms with Gasteiger partial charge < -0.3 is 19.5 Å². The van der Waals surface area contributed by atoms with E-state index in [9.17, 15) is 19.5 Å². The minimum atomic E-state index is -0.726. The van der Waals surface area contributed by atoms with Gasteiger partial charge in [-0.2, -0.15) is 0 Å². The number of amides is 1. The van der Waals surface area contributed by atoms with Gasteiger partial charge in [0.25, 0.3) is 11.7 Å². The molecule has 0 aromatic heterocycles. The minimum absolute atomic E-state index is 0.0533. The first-order valence-corrected chi connectivity index (χ1v) is 10.2. The van der Waals surface area contributed by atoms with Crippen LogP contribution in [0.15, 0.2) is 48.0 Å². The molecule has 1 N–H and O–H groups in total. The van der Waals surface area contributed by atoms with Crippen LogP contribution in [0.25, 0.3) is 5.76 Å². The number of Topliss-reactive ketones (excluding diaryl/α,β-unsaturated/α-hetero) is 1. The van der Waals surface area contributed by atoms with Crippen LogP contribution in [0.4, 0.5) is 0 Å². The number of ketones is 1. The molecule has 2 aromatic rings. The average molecular weight is 421 g/mol. The number of esters is 1. The van der Waals surface area contributed by atoms with Crippen LogP contribution in [0, 0.1) is 0 Å². The molecule has 0 bridgehead atoms. The van der Waals surface area contributed by atoms with Crippen molar-refractivity contribution in [2.75, 3.05) is 13.2 Å². The number of aliphatic hydroxyl groups is 1. The summed E-state index contributed by atoms with van der Waals surface area (Å²) < 4.78 is 10.6. The van der Waals surface area contributed by atoms with Gasteiger partial charge in [-0.05, 0) is 47.9 Å². The molecule has 0 aliphatic carbocycles. The summed E-state index contributed by atoms with van der Waals surface area (Å²) in [6.45, 7) is 4.18. The molecule has 2 aliphatic rings. The first-order chi connectivity index (χ1) is 14.9. The van der Waals surface area contributed by atoms with Crippen molar-refractivity contribution in [2.45, 2.75) is 32.7 Å². The summed E-state index contributed by atoms with van der Waals surface area (Å²) in [4.78, 5) is 38.4. The van der Waals surface area contributed by atoms with Gasteiger partial charge in [0.15, 0.2) is 0 Å². The Labute approximate surface area is 179 Å². The molecular formula is C24H23NO6. The second-order valence-electron chi connectivity index (χ2n) is 7.58. The number of ether oxygens (including phenoxy) is 2. The van der Waals surface area contributed by atoms with Crippen LogP contribution in [0.2, 0.25) is 0 Å². The zero-order valence-corrected chi connectivity index (χ0v) is 17.4. The monoisotopic (exact) mass is 421 g/mol. The van der Waals surface area contributed by atoms with E-state index >= 15 is 0 Å². The Balaban J connectivity index is 1.80. The SMILES string of the molecule is CCCN1C(=O)C(=O)/C(=C(\O)c2ccc3c(c2)CCO3)C1c1ccc(OC(C)=O)cc1. The molecule has 0 radical (unpaired) electrons. The number of likely N-dealkylation sites (tertiary alicyclic amines) is 1. The van der Waals surface area contributed by atoms with Gasteiger partial charge in [0.05, 0.1) is 18.2 Å². The van der Waals surface area contributed by atoms with E-state index in [1.807, 2.05) is 6.92 Å². The van der Waals surface area contributed by atoms with E-state index in [2.05, 4.69) is 0 Å². The van der Waals surface area contributed by atoms with Gasteiger partial charge in [-0.15, -0.1) is 0 Å². The fraction of sp³-hybridized carbons (Fsp3) is 0.292. The molecule has 7 nitrogen and oxygen atoms in total. The molecule has 1 amide bonds. The number of aliphatic hydroxyl groups excluding tert-OH is 1. The van der Waals surface area contributed by atoms with E-state index in [1.54, 1.807) is 42.5 Å². The quantitative estimate of drug-likeness (QED) is 0.262. The zero-order valence-electron chi connectivity index (χ0n) is 17.4. The summed E-state index contributed by atoms with van der Waals surface area (Å²) in [6, 6.07) is 11.1. The third kappa shape index (κ3) is 3.79. The van der Waals surface area contributed by atoms with Crippen LogP contribution in [0.3, 0.4) is 0 Å². The maximum Gasteiger partial charge on any atom is 0.308 e. The minimum Gasteiger partial charge on any atom is -0.507 e. The van der Waals surface area contributed by atoms with Crippen molar-refractivity contribution in [1.82, 2.24) is 4.90 Å². The molecular weight excluding hydrogens is 398 g/mol. The van der Waals surface area contributed by atoms with Crippen molar-refractivity contribution >= 4 is 23.4 Å². The van der Waals surface area contributed by atoms with E-state index in [4.69, 9.17) is 9.47 Å². The molecule has 31 heavy (non-hydrogen) atoms. The molecule has 160 valence electrons. The summed E-state index contributed by atoms with van der Waals surface area (Å²) in [5.74, 6) is -0.868. The number of nitrogens with zero attached hydrogens (tertiary/aromatic N) is 1. The number of hydrogen-bond donors (Lipinski definition) is 1. The lowest BCUT2D eigenvalue weighted by Crippen LogP contribution is -2.30. The van der Waals surface area contributed by atoms with Gasteiger partial charge in [0, 0.05) is 25.5 Å². The second kappa shape index (κ2) is 8.26. The molecule has 0 saturated carbocycles. The molecule has 1 atom stereocenters. The fourth-order valence-electron chi connectivity index (χ4n) is 4.07. The van der Waals surface area contributed by atoms with Gasteiger partial charge in [-0.25, -0.2) is 0 Å². The number of benzene rings is 2. The molecule has 1 saturated heterocycles. The van der Waals surface area contributed by atoms with Crippen molar-refractivity contribution in [1.29, 1.82) is 0 Å². The Morgan fingerprint density at radius 3 is 2.61 bits per heavy atom. The third-order valence-electron chi connectivity index (χ3n) is 5.42. The van der Waals surface area contributed by atoms with Crippen LogP contribution < -0.4 is 9.47 Å². The zero-order chi connectivity index (χ0) is 22.1. The summed E-state index contributed by atoms with van der Waals surface area (Å²) in [5.41, 5.74) is 2.13. The Hall–Kier alpha value is -3.61. The van der Waals surface area contributed by atoms with Crippen molar-refractivity contribution in [3.8, 4) is 11.5 Å². The van der Waals surface area contributed by atoms with Gasteiger partial charge in [-0.3, -0.25) is 14.4 Å². The largest absolute Gasteiger partial charge is 0.507 e. The van der Waals surface area contributed by atoms with E-state index < -0.39 is 23.7 Å². The molecule has 4 rings (SSSR count). The summed E-state index contributed by atoms with van der Waals surface area (Å²) in [7, 11) is 0. The van der Waals surface area contributed by atoms with Crippen molar-refractivity contribution < 1.29 is 29.0 Å². The average Bonchev–Trinajstić information content (AvgIpc) is 3.31. The first kappa shape index (κ1) is 20.7. The van der Waals surface area contributed by atoms with E-state index in [-0.39, 0.29) is 11.3 Å². The molecule has 0 spiro atoms. The highest BCUT2D eigenvalue weighted by atomic mass is 16.5. The predicted molar refractivity (Wildman–Crippen MR) is 113 cm³/mol. The number of rotatable bonds is 5. The van der Waals surface area contributed by atoms with Gasteiger partial charge in [0.1, 0.15) is 17.3 Å². The van der Waals surface area contributed by atoms with E-state index in [0.29, 0.717) is 36.4 Å². The normalized spacial score (nSPS) is 19.3. The second-order valence-corrected chi connectivity index (χ2v) is 7.58. The van der Waals surface area contributed by atoms with Gasteiger partial charge >= 0.3 is 5.97 Å². The van der Waals surface area contributed by atoms with Crippen molar-refractivity contribution in [2.24, 2.45) is 0 Å². The Morgan fingerprint density at radius 1 is 1.19 bits per heavy atom. The highest BCUT2D eigenvalue weighted by Crippen LogP contribution is 2.40. The Bertz CT molecular complexity index is 1090. The van der Waals surface area contributed by atoms with Crippen LogP contribution >= 0.6 is 0 Å². The highest BCUT2D eigenvalue weighted by molar-refractivity contribution is 6.46. The van der Waals surface area contributed by atoms with Crippen LogP contribution in [0.1, 0.15) is 43.0 Å². The Morgan fingerprint density at radius 2 is 1.94 bits per heavy atom. The molecule has 2 heterocycles. The lowest BCUT2D eigenvalue weighted by Gasteiger charge is -2.25. The number of fused-ring (bicyclic) bond motifs is 1. The standard InChI is InChI=1S/C24H23NO6/c1-3-11-25-21(15-4-7-18(8-5-15)31-14(2)26)20(23(28)24(25)29)22(27)17-6-9-19-16(13-17)10-12-30-19/h4-9,13,21,27H,3,10-12H2,1-2H3/b22-20-. The first-order valence-electron chi connectivity index (χ1n) is 10.2. The maximum atomic E-state index is 12.9. The van der Waals surface area contributed by atoms with Crippen molar-refractivity contribution in [3.63, 3.8) is 0 Å². The molecule has 1 unspecified atom stereocenters. The number of carbonyl (C=O) groups is 3. The maximum absolute atomic E-state index is 12.9. The fourth-order valence-corrected chi connectivity index (χ4v) is 4.07. The lowest BCUT2D eigenvalue weighted by atomic mass is 9.94. The summed E-state index contributed by atoms with van der Waals surface area (Å²) >= 11 is 0. The van der Waals surface area contributed by atoms with Crippen LogP contribution in [0.5, 0.6) is 11.5 Å². The topological polar surface area (TPSA) is 93.1 Å².